The van der Waals surface area contributed by atoms with Crippen molar-refractivity contribution < 1.29 is 0 Å². The topological polar surface area (TPSA) is 48.7 Å². The lowest BCUT2D eigenvalue weighted by molar-refractivity contribution is 0.677. The molecule has 1 aromatic heterocycles. The SMILES string of the molecule is C=CCNC(C#N)c1nc(C)cs1. The summed E-state index contributed by atoms with van der Waals surface area (Å²) < 4.78 is 0. The van der Waals surface area contributed by atoms with E-state index in [-0.39, 0.29) is 6.04 Å². The third-order valence-electron chi connectivity index (χ3n) is 1.48. The molecule has 4 heteroatoms. The number of nitrogens with one attached hydrogen (secondary N) is 1. The normalized spacial score (nSPS) is 12.0. The second kappa shape index (κ2) is 4.75. The molecule has 0 radical (unpaired) electrons. The maximum Gasteiger partial charge on any atom is 0.148 e. The first-order chi connectivity index (χ1) is 6.27. The van der Waals surface area contributed by atoms with Gasteiger partial charge in [0.1, 0.15) is 11.0 Å². The van der Waals surface area contributed by atoms with Gasteiger partial charge in [0.2, 0.25) is 0 Å². The Bertz CT molecular complexity index is 324. The molecule has 1 unspecified atom stereocenters. The number of nitrogens with zero attached hydrogens (tertiary/aromatic N) is 2. The molecule has 0 saturated carbocycles. The highest BCUT2D eigenvalue weighted by molar-refractivity contribution is 7.09. The van der Waals surface area contributed by atoms with Crippen molar-refractivity contribution in [2.75, 3.05) is 6.54 Å². The minimum atomic E-state index is -0.309. The van der Waals surface area contributed by atoms with Crippen molar-refractivity contribution in [3.05, 3.63) is 28.7 Å². The van der Waals surface area contributed by atoms with Gasteiger partial charge >= 0.3 is 0 Å². The molecule has 0 bridgehead atoms. The summed E-state index contributed by atoms with van der Waals surface area (Å²) in [4.78, 5) is 4.23. The van der Waals surface area contributed by atoms with Crippen molar-refractivity contribution in [2.24, 2.45) is 0 Å². The molecule has 0 saturated heterocycles. The van der Waals surface area contributed by atoms with Gasteiger partial charge in [-0.15, -0.1) is 17.9 Å². The van der Waals surface area contributed by atoms with Crippen molar-refractivity contribution in [3.8, 4) is 6.07 Å². The van der Waals surface area contributed by atoms with E-state index >= 15 is 0 Å². The van der Waals surface area contributed by atoms with Gasteiger partial charge in [0.15, 0.2) is 0 Å². The highest BCUT2D eigenvalue weighted by Crippen LogP contribution is 2.16. The van der Waals surface area contributed by atoms with Gasteiger partial charge in [-0.1, -0.05) is 6.08 Å². The molecule has 0 aromatic carbocycles. The summed E-state index contributed by atoms with van der Waals surface area (Å²) in [6, 6.07) is 1.85. The summed E-state index contributed by atoms with van der Waals surface area (Å²) in [6.07, 6.45) is 1.73. The molecule has 0 aliphatic heterocycles. The zero-order valence-electron chi connectivity index (χ0n) is 7.45. The Kier molecular flexibility index (Phi) is 3.62. The van der Waals surface area contributed by atoms with E-state index in [0.29, 0.717) is 6.54 Å². The lowest BCUT2D eigenvalue weighted by atomic mass is 10.3. The van der Waals surface area contributed by atoms with Gasteiger partial charge in [-0.3, -0.25) is 5.32 Å². The predicted octanol–water partition coefficient (Wildman–Crippen LogP) is 1.79. The number of hydrogen-bond acceptors (Lipinski definition) is 4. The van der Waals surface area contributed by atoms with E-state index in [0.717, 1.165) is 10.7 Å². The van der Waals surface area contributed by atoms with Gasteiger partial charge in [-0.2, -0.15) is 5.26 Å². The summed E-state index contributed by atoms with van der Waals surface area (Å²) in [5, 5.41) is 14.6. The quantitative estimate of drug-likeness (QED) is 0.742. The zero-order chi connectivity index (χ0) is 9.68. The largest absolute Gasteiger partial charge is 0.293 e. The first-order valence-electron chi connectivity index (χ1n) is 3.94. The standard InChI is InChI=1S/C9H11N3S/c1-3-4-11-8(5-10)9-12-7(2)6-13-9/h3,6,8,11H,1,4H2,2H3. The van der Waals surface area contributed by atoms with Crippen LogP contribution in [0.25, 0.3) is 0 Å². The van der Waals surface area contributed by atoms with Gasteiger partial charge in [0.05, 0.1) is 6.07 Å². The van der Waals surface area contributed by atoms with Crippen LogP contribution in [0.4, 0.5) is 0 Å². The molecule has 0 spiro atoms. The molecular formula is C9H11N3S. The molecule has 1 aromatic rings. The third kappa shape index (κ3) is 2.65. The second-order valence-corrected chi connectivity index (χ2v) is 3.48. The van der Waals surface area contributed by atoms with E-state index in [2.05, 4.69) is 22.9 Å². The molecule has 1 heterocycles. The zero-order valence-corrected chi connectivity index (χ0v) is 8.27. The Labute approximate surface area is 81.7 Å². The number of aromatic nitrogens is 1. The van der Waals surface area contributed by atoms with Crippen LogP contribution in [0.2, 0.25) is 0 Å². The first kappa shape index (κ1) is 9.90. The van der Waals surface area contributed by atoms with Gasteiger partial charge in [0.25, 0.3) is 0 Å². The molecule has 3 nitrogen and oxygen atoms in total. The van der Waals surface area contributed by atoms with Crippen LogP contribution in [0.5, 0.6) is 0 Å². The van der Waals surface area contributed by atoms with Crippen LogP contribution in [-0.4, -0.2) is 11.5 Å². The molecule has 1 N–H and O–H groups in total. The van der Waals surface area contributed by atoms with E-state index in [1.54, 1.807) is 6.08 Å². The number of hydrogen-bond donors (Lipinski definition) is 1. The maximum absolute atomic E-state index is 8.84. The average molecular weight is 193 g/mol. The van der Waals surface area contributed by atoms with Crippen molar-refractivity contribution in [2.45, 2.75) is 13.0 Å². The van der Waals surface area contributed by atoms with Gasteiger partial charge in [0, 0.05) is 17.6 Å². The maximum atomic E-state index is 8.84. The monoisotopic (exact) mass is 193 g/mol. The van der Waals surface area contributed by atoms with Gasteiger partial charge in [-0.05, 0) is 6.92 Å². The molecule has 0 aliphatic carbocycles. The van der Waals surface area contributed by atoms with E-state index in [1.807, 2.05) is 12.3 Å². The summed E-state index contributed by atoms with van der Waals surface area (Å²) in [5.41, 5.74) is 0.959. The van der Waals surface area contributed by atoms with Crippen LogP contribution in [0, 0.1) is 18.3 Å². The summed E-state index contributed by atoms with van der Waals surface area (Å²) >= 11 is 1.50. The number of rotatable bonds is 4. The summed E-state index contributed by atoms with van der Waals surface area (Å²) in [6.45, 7) is 6.12. The summed E-state index contributed by atoms with van der Waals surface area (Å²) in [7, 11) is 0. The number of aryl methyl sites for hydroxylation is 1. The first-order valence-corrected chi connectivity index (χ1v) is 4.82. The molecule has 1 atom stereocenters. The van der Waals surface area contributed by atoms with Crippen LogP contribution >= 0.6 is 11.3 Å². The van der Waals surface area contributed by atoms with E-state index in [9.17, 15) is 0 Å². The minimum absolute atomic E-state index is 0.309. The van der Waals surface area contributed by atoms with E-state index in [1.165, 1.54) is 11.3 Å². The molecule has 0 fully saturated rings. The lowest BCUT2D eigenvalue weighted by Gasteiger charge is -2.04. The Hall–Kier alpha value is -1.18. The number of nitriles is 1. The van der Waals surface area contributed by atoms with Gasteiger partial charge < -0.3 is 0 Å². The molecular weight excluding hydrogens is 182 g/mol. The minimum Gasteiger partial charge on any atom is -0.293 e. The van der Waals surface area contributed by atoms with Crippen molar-refractivity contribution >= 4 is 11.3 Å². The van der Waals surface area contributed by atoms with Crippen LogP contribution in [-0.2, 0) is 0 Å². The van der Waals surface area contributed by atoms with Crippen molar-refractivity contribution in [1.29, 1.82) is 5.26 Å². The molecule has 13 heavy (non-hydrogen) atoms. The van der Waals surface area contributed by atoms with E-state index < -0.39 is 0 Å². The molecule has 68 valence electrons. The van der Waals surface area contributed by atoms with Gasteiger partial charge in [-0.25, -0.2) is 4.98 Å². The fourth-order valence-electron chi connectivity index (χ4n) is 0.894. The van der Waals surface area contributed by atoms with Crippen molar-refractivity contribution in [3.63, 3.8) is 0 Å². The molecule has 0 amide bonds. The molecule has 1 rings (SSSR count). The highest BCUT2D eigenvalue weighted by atomic mass is 32.1. The van der Waals surface area contributed by atoms with Crippen LogP contribution in [0.15, 0.2) is 18.0 Å². The fourth-order valence-corrected chi connectivity index (χ4v) is 1.71. The Balaban J connectivity index is 2.68. The fraction of sp³-hybridized carbons (Fsp3) is 0.333. The third-order valence-corrected chi connectivity index (χ3v) is 2.51. The Morgan fingerprint density at radius 3 is 3.15 bits per heavy atom. The summed E-state index contributed by atoms with van der Waals surface area (Å²) in [5.74, 6) is 0. The van der Waals surface area contributed by atoms with Crippen LogP contribution in [0.1, 0.15) is 16.7 Å². The average Bonchev–Trinajstić information content (AvgIpc) is 2.54. The van der Waals surface area contributed by atoms with E-state index in [4.69, 9.17) is 5.26 Å². The van der Waals surface area contributed by atoms with Crippen LogP contribution in [0.3, 0.4) is 0 Å². The predicted molar refractivity (Wildman–Crippen MR) is 53.4 cm³/mol. The highest BCUT2D eigenvalue weighted by Gasteiger charge is 2.11. The van der Waals surface area contributed by atoms with Crippen molar-refractivity contribution in [1.82, 2.24) is 10.3 Å². The van der Waals surface area contributed by atoms with Crippen LogP contribution < -0.4 is 5.32 Å². The molecule has 0 aliphatic rings. The number of thiazole rings is 1. The second-order valence-electron chi connectivity index (χ2n) is 2.59. The Morgan fingerprint density at radius 1 is 1.92 bits per heavy atom. The smallest absolute Gasteiger partial charge is 0.148 e. The Morgan fingerprint density at radius 2 is 2.69 bits per heavy atom. The lowest BCUT2D eigenvalue weighted by Crippen LogP contribution is -2.19.